The van der Waals surface area contributed by atoms with Crippen molar-refractivity contribution in [2.24, 2.45) is 5.41 Å². The van der Waals surface area contributed by atoms with E-state index in [0.29, 0.717) is 36.5 Å². The Morgan fingerprint density at radius 3 is 2.48 bits per heavy atom. The van der Waals surface area contributed by atoms with Crippen LogP contribution in [0.1, 0.15) is 30.5 Å². The number of aromatic nitrogens is 4. The zero-order valence-electron chi connectivity index (χ0n) is 22.8. The quantitative estimate of drug-likeness (QED) is 0.189. The number of alkyl halides is 3. The van der Waals surface area contributed by atoms with E-state index in [2.05, 4.69) is 34.6 Å². The van der Waals surface area contributed by atoms with Crippen LogP contribution in [-0.4, -0.2) is 51.9 Å². The fourth-order valence-electron chi connectivity index (χ4n) is 4.28. The molecule has 0 amide bonds. The number of hydrogen-bond acceptors (Lipinski definition) is 6. The summed E-state index contributed by atoms with van der Waals surface area (Å²) in [5.74, 6) is -0.604. The maximum absolute atomic E-state index is 13.5. The van der Waals surface area contributed by atoms with Gasteiger partial charge in [-0.15, -0.1) is 0 Å². The van der Waals surface area contributed by atoms with Crippen molar-refractivity contribution < 1.29 is 32.5 Å². The molecule has 1 saturated carbocycles. The number of halogens is 4. The molecule has 4 rings (SSSR count). The predicted octanol–water partition coefficient (Wildman–Crippen LogP) is 6.93. The van der Waals surface area contributed by atoms with Gasteiger partial charge in [0.05, 0.1) is 5.02 Å². The zero-order valence-corrected chi connectivity index (χ0v) is 24.6. The molecule has 0 aliphatic heterocycles. The van der Waals surface area contributed by atoms with Gasteiger partial charge in [-0.1, -0.05) is 37.7 Å². The first-order valence-corrected chi connectivity index (χ1v) is 17.0. The van der Waals surface area contributed by atoms with Gasteiger partial charge in [0.2, 0.25) is 5.88 Å². The van der Waals surface area contributed by atoms with Gasteiger partial charge >= 0.3 is 12.1 Å². The van der Waals surface area contributed by atoms with Crippen LogP contribution in [0.25, 0.3) is 22.6 Å². The normalized spacial score (nSPS) is 15.1. The highest BCUT2D eigenvalue weighted by Gasteiger charge is 2.45. The van der Waals surface area contributed by atoms with Crippen LogP contribution in [0.15, 0.2) is 30.7 Å². The average Bonchev–Trinajstić information content (AvgIpc) is 3.25. The Bertz CT molecular complexity index is 1390. The summed E-state index contributed by atoms with van der Waals surface area (Å²) >= 11 is 6.53. The van der Waals surface area contributed by atoms with Crippen molar-refractivity contribution in [2.45, 2.75) is 64.8 Å². The molecule has 0 aromatic carbocycles. The van der Waals surface area contributed by atoms with Gasteiger partial charge in [0.25, 0.3) is 0 Å². The summed E-state index contributed by atoms with van der Waals surface area (Å²) in [6, 6.07) is 4.17. The highest BCUT2D eigenvalue weighted by atomic mass is 35.5. The van der Waals surface area contributed by atoms with Crippen molar-refractivity contribution in [2.75, 3.05) is 13.2 Å². The fourth-order valence-corrected chi connectivity index (χ4v) is 5.29. The van der Waals surface area contributed by atoms with E-state index in [4.69, 9.17) is 21.1 Å². The molecule has 1 N–H and O–H groups in total. The molecule has 13 heteroatoms. The maximum atomic E-state index is 13.5. The summed E-state index contributed by atoms with van der Waals surface area (Å²) in [4.78, 5) is 24.0. The molecule has 0 atom stereocenters. The molecule has 3 aromatic rings. The largest absolute Gasteiger partial charge is 0.481 e. The van der Waals surface area contributed by atoms with Crippen LogP contribution in [0, 0.1) is 12.3 Å². The molecule has 0 radical (unpaired) electrons. The van der Waals surface area contributed by atoms with Gasteiger partial charge in [0.1, 0.15) is 24.4 Å². The second-order valence-electron chi connectivity index (χ2n) is 11.4. The lowest BCUT2D eigenvalue weighted by molar-refractivity contribution is -0.157. The minimum Gasteiger partial charge on any atom is -0.481 e. The van der Waals surface area contributed by atoms with Crippen molar-refractivity contribution in [3.8, 4) is 28.5 Å². The number of carboxylic acids is 1. The number of imidazole rings is 1. The van der Waals surface area contributed by atoms with E-state index in [1.165, 1.54) is 10.8 Å². The molecule has 0 bridgehead atoms. The van der Waals surface area contributed by atoms with Crippen molar-refractivity contribution >= 4 is 25.6 Å². The molecule has 3 heterocycles. The van der Waals surface area contributed by atoms with Crippen LogP contribution in [-0.2, 0) is 22.4 Å². The van der Waals surface area contributed by atoms with Crippen LogP contribution in [0.5, 0.6) is 5.88 Å². The van der Waals surface area contributed by atoms with Crippen molar-refractivity contribution in [1.29, 1.82) is 0 Å². The molecule has 40 heavy (non-hydrogen) atoms. The third-order valence-electron chi connectivity index (χ3n) is 7.00. The van der Waals surface area contributed by atoms with E-state index in [-0.39, 0.29) is 29.9 Å². The van der Waals surface area contributed by atoms with Gasteiger partial charge in [-0.2, -0.15) is 13.2 Å². The molecule has 0 spiro atoms. The van der Waals surface area contributed by atoms with E-state index in [0.717, 1.165) is 24.2 Å². The molecular weight excluding hydrogens is 565 g/mol. The molecule has 0 unspecified atom stereocenters. The summed E-state index contributed by atoms with van der Waals surface area (Å²) < 4.78 is 53.1. The van der Waals surface area contributed by atoms with Crippen molar-refractivity contribution in [3.05, 3.63) is 47.0 Å². The Labute approximate surface area is 236 Å². The zero-order chi connectivity index (χ0) is 29.3. The number of rotatable bonds is 11. The Morgan fingerprint density at radius 1 is 1.20 bits per heavy atom. The molecule has 1 fully saturated rings. The lowest BCUT2D eigenvalue weighted by Gasteiger charge is -2.36. The average molecular weight is 597 g/mol. The van der Waals surface area contributed by atoms with Gasteiger partial charge < -0.3 is 19.1 Å². The highest BCUT2D eigenvalue weighted by Crippen LogP contribution is 2.41. The Balaban J connectivity index is 1.54. The van der Waals surface area contributed by atoms with Crippen molar-refractivity contribution in [1.82, 2.24) is 19.5 Å². The molecule has 0 saturated heterocycles. The van der Waals surface area contributed by atoms with Crippen LogP contribution >= 0.6 is 11.6 Å². The number of pyridine rings is 2. The number of hydrogen-bond donors (Lipinski definition) is 1. The number of aryl methyl sites for hydroxylation is 1. The van der Waals surface area contributed by atoms with Gasteiger partial charge in [0, 0.05) is 50.5 Å². The molecule has 1 aliphatic carbocycles. The summed E-state index contributed by atoms with van der Waals surface area (Å²) in [7, 11) is -1.37. The van der Waals surface area contributed by atoms with E-state index in [1.807, 2.05) is 6.92 Å². The van der Waals surface area contributed by atoms with Crippen molar-refractivity contribution in [3.63, 3.8) is 0 Å². The molecule has 3 aromatic heterocycles. The summed E-state index contributed by atoms with van der Waals surface area (Å²) in [6.07, 6.45) is 1.33. The standard InChI is InChI=1S/C27H32ClF3N4O4Si/c1-17-10-22(39-15-26(25(36)37)6-5-7-26)32-13-19(17)18-11-20(28)23(33-12-18)24-34-21(27(29,30)31)14-35(24)16-38-8-9-40(2,3)4/h10-14H,5-9,15-16H2,1-4H3,(H,36,37). The lowest BCUT2D eigenvalue weighted by Crippen LogP contribution is -2.43. The third kappa shape index (κ3) is 6.84. The fraction of sp³-hybridized carbons (Fsp3) is 0.481. The molecular formula is C27H32ClF3N4O4Si. The van der Waals surface area contributed by atoms with E-state index < -0.39 is 31.3 Å². The Hall–Kier alpha value is -2.96. The maximum Gasteiger partial charge on any atom is 0.434 e. The number of carbonyl (C=O) groups is 1. The number of carboxylic acid groups (broad SMARTS) is 1. The minimum absolute atomic E-state index is 0.0428. The van der Waals surface area contributed by atoms with Crippen LogP contribution in [0.2, 0.25) is 30.7 Å². The predicted molar refractivity (Wildman–Crippen MR) is 147 cm³/mol. The van der Waals surface area contributed by atoms with E-state index in [9.17, 15) is 23.1 Å². The summed E-state index contributed by atoms with van der Waals surface area (Å²) in [5, 5.41) is 9.61. The molecule has 1 aliphatic rings. The second kappa shape index (κ2) is 11.5. The van der Waals surface area contributed by atoms with Crippen LogP contribution in [0.4, 0.5) is 13.2 Å². The number of aliphatic carboxylic acids is 1. The highest BCUT2D eigenvalue weighted by molar-refractivity contribution is 6.76. The number of ether oxygens (including phenoxy) is 2. The Kier molecular flexibility index (Phi) is 8.62. The smallest absolute Gasteiger partial charge is 0.434 e. The first-order chi connectivity index (χ1) is 18.7. The number of nitrogens with zero attached hydrogens (tertiary/aromatic N) is 4. The van der Waals surface area contributed by atoms with E-state index >= 15 is 0 Å². The summed E-state index contributed by atoms with van der Waals surface area (Å²) in [5.41, 5.74) is 0.259. The van der Waals surface area contributed by atoms with E-state index in [1.54, 1.807) is 18.3 Å². The minimum atomic E-state index is -4.64. The third-order valence-corrected chi connectivity index (χ3v) is 9.00. The van der Waals surface area contributed by atoms with Crippen LogP contribution in [0.3, 0.4) is 0 Å². The molecule has 216 valence electrons. The van der Waals surface area contributed by atoms with Gasteiger partial charge in [-0.05, 0) is 37.4 Å². The molecule has 8 nitrogen and oxygen atoms in total. The van der Waals surface area contributed by atoms with Gasteiger partial charge in [-0.3, -0.25) is 9.78 Å². The first-order valence-electron chi connectivity index (χ1n) is 12.9. The second-order valence-corrected chi connectivity index (χ2v) is 17.4. The SMILES string of the molecule is Cc1cc(OCC2(C(=O)O)CCC2)ncc1-c1cnc(-c2nc(C(F)(F)F)cn2COCC[Si](C)(C)C)c(Cl)c1. The summed E-state index contributed by atoms with van der Waals surface area (Å²) in [6.45, 7) is 8.76. The lowest BCUT2D eigenvalue weighted by atomic mass is 9.69. The van der Waals surface area contributed by atoms with Gasteiger partial charge in [-0.25, -0.2) is 9.97 Å². The Morgan fingerprint density at radius 2 is 1.93 bits per heavy atom. The van der Waals surface area contributed by atoms with Crippen LogP contribution < -0.4 is 4.74 Å². The van der Waals surface area contributed by atoms with Gasteiger partial charge in [0.15, 0.2) is 11.5 Å². The topological polar surface area (TPSA) is 99.4 Å². The monoisotopic (exact) mass is 596 g/mol. The first kappa shape index (κ1) is 30.0.